The maximum Gasteiger partial charge on any atom is 0.301 e. The minimum atomic E-state index is -0.827. The molecule has 2 heterocycles. The predicted octanol–water partition coefficient (Wildman–Crippen LogP) is 6.31. The Kier molecular flexibility index (Phi) is 5.94. The molecule has 1 aromatic heterocycles. The van der Waals surface area contributed by atoms with Crippen molar-refractivity contribution in [2.75, 3.05) is 12.0 Å². The first kappa shape index (κ1) is 23.3. The van der Waals surface area contributed by atoms with E-state index >= 15 is 0 Å². The van der Waals surface area contributed by atoms with Gasteiger partial charge in [-0.25, -0.2) is 4.98 Å². The molecule has 0 saturated carbocycles. The lowest BCUT2D eigenvalue weighted by Crippen LogP contribution is -2.29. The average molecular weight is 549 g/mol. The molecule has 1 N–H and O–H groups in total. The number of aryl methyl sites for hydroxylation is 2. The van der Waals surface area contributed by atoms with Crippen LogP contribution in [0.3, 0.4) is 0 Å². The number of methoxy groups -OCH3 is 1. The summed E-state index contributed by atoms with van der Waals surface area (Å²) in [4.78, 5) is 32.8. The van der Waals surface area contributed by atoms with Gasteiger partial charge in [0.25, 0.3) is 5.78 Å². The summed E-state index contributed by atoms with van der Waals surface area (Å²) in [5.41, 5.74) is 3.77. The molecule has 176 valence electrons. The van der Waals surface area contributed by atoms with Crippen molar-refractivity contribution in [2.24, 2.45) is 0 Å². The quantitative estimate of drug-likeness (QED) is 0.183. The number of carbonyl (C=O) groups excluding carboxylic acids is 2. The molecule has 0 radical (unpaired) electrons. The van der Waals surface area contributed by atoms with Gasteiger partial charge in [-0.05, 0) is 73.0 Å². The number of nitrogens with zero attached hydrogens (tertiary/aromatic N) is 2. The van der Waals surface area contributed by atoms with Crippen LogP contribution in [0.4, 0.5) is 5.13 Å². The normalized spacial score (nSPS) is 17.4. The number of benzene rings is 3. The zero-order valence-electron chi connectivity index (χ0n) is 19.2. The van der Waals surface area contributed by atoms with Gasteiger partial charge in [0, 0.05) is 10.0 Å². The number of Topliss-reactive ketones (excluding diaryl/α,β-unsaturated/α-hetero) is 1. The number of anilines is 1. The van der Waals surface area contributed by atoms with E-state index < -0.39 is 17.7 Å². The lowest BCUT2D eigenvalue weighted by Gasteiger charge is -2.23. The number of ether oxygens (including phenoxy) is 1. The molecule has 1 saturated heterocycles. The molecule has 6 nitrogen and oxygen atoms in total. The van der Waals surface area contributed by atoms with Crippen molar-refractivity contribution in [3.8, 4) is 5.75 Å². The zero-order chi connectivity index (χ0) is 24.9. The van der Waals surface area contributed by atoms with E-state index in [1.54, 1.807) is 25.3 Å². The molecule has 0 aliphatic carbocycles. The van der Waals surface area contributed by atoms with Crippen LogP contribution < -0.4 is 9.64 Å². The van der Waals surface area contributed by atoms with Crippen LogP contribution in [0, 0.1) is 13.8 Å². The lowest BCUT2D eigenvalue weighted by atomic mass is 9.95. The number of thiazole rings is 1. The molecule has 1 atom stereocenters. The average Bonchev–Trinajstić information content (AvgIpc) is 3.37. The fourth-order valence-corrected chi connectivity index (χ4v) is 5.65. The van der Waals surface area contributed by atoms with Gasteiger partial charge in [0.1, 0.15) is 11.5 Å². The molecule has 4 aromatic rings. The molecule has 0 unspecified atom stereocenters. The van der Waals surface area contributed by atoms with Crippen LogP contribution in [0.5, 0.6) is 5.75 Å². The summed E-state index contributed by atoms with van der Waals surface area (Å²) in [7, 11) is 1.57. The Balaban J connectivity index is 1.72. The Morgan fingerprint density at radius 2 is 1.80 bits per heavy atom. The SMILES string of the molecule is COc1ccc(/C(O)=C2\C(=O)C(=O)N(c3nc4ccc(C)cc4s3)[C@@H]2c2ccc(Br)cc2)cc1C. The second-order valence-corrected chi connectivity index (χ2v) is 10.3. The van der Waals surface area contributed by atoms with Crippen molar-refractivity contribution in [3.63, 3.8) is 0 Å². The zero-order valence-corrected chi connectivity index (χ0v) is 21.6. The summed E-state index contributed by atoms with van der Waals surface area (Å²) in [5, 5.41) is 11.7. The minimum Gasteiger partial charge on any atom is -0.507 e. The largest absolute Gasteiger partial charge is 0.507 e. The van der Waals surface area contributed by atoms with E-state index in [1.807, 2.05) is 56.3 Å². The van der Waals surface area contributed by atoms with Crippen LogP contribution in [0.15, 0.2) is 70.7 Å². The van der Waals surface area contributed by atoms with E-state index in [-0.39, 0.29) is 11.3 Å². The van der Waals surface area contributed by atoms with Crippen LogP contribution in [-0.4, -0.2) is 28.9 Å². The molecule has 3 aromatic carbocycles. The molecule has 35 heavy (non-hydrogen) atoms. The molecular formula is C27H21BrN2O4S. The number of ketones is 1. The first-order valence-electron chi connectivity index (χ1n) is 10.9. The van der Waals surface area contributed by atoms with Crippen LogP contribution in [0.2, 0.25) is 0 Å². The van der Waals surface area contributed by atoms with Gasteiger partial charge < -0.3 is 9.84 Å². The highest BCUT2D eigenvalue weighted by atomic mass is 79.9. The molecule has 1 amide bonds. The standard InChI is InChI=1S/C27H21BrN2O4S/c1-14-4-10-19-21(12-14)35-27(29-19)30-23(16-5-8-18(28)9-6-16)22(25(32)26(30)33)24(31)17-7-11-20(34-3)15(2)13-17/h4-13,23,31H,1-3H3/b24-22+/t23-/m1/s1. The molecule has 1 fully saturated rings. The molecule has 1 aliphatic heterocycles. The minimum absolute atomic E-state index is 0.0253. The molecule has 8 heteroatoms. The smallest absolute Gasteiger partial charge is 0.301 e. The third-order valence-electron chi connectivity index (χ3n) is 6.04. The lowest BCUT2D eigenvalue weighted by molar-refractivity contribution is -0.132. The Hall–Kier alpha value is -3.49. The first-order chi connectivity index (χ1) is 16.8. The van der Waals surface area contributed by atoms with E-state index in [0.29, 0.717) is 22.0 Å². The Morgan fingerprint density at radius 1 is 1.06 bits per heavy atom. The number of aliphatic hydroxyl groups excluding tert-OH is 1. The maximum absolute atomic E-state index is 13.4. The monoisotopic (exact) mass is 548 g/mol. The number of aromatic nitrogens is 1. The maximum atomic E-state index is 13.4. The van der Waals surface area contributed by atoms with Crippen molar-refractivity contribution in [2.45, 2.75) is 19.9 Å². The third-order valence-corrected chi connectivity index (χ3v) is 7.58. The van der Waals surface area contributed by atoms with E-state index in [4.69, 9.17) is 4.74 Å². The Labute approximate surface area is 214 Å². The molecule has 0 bridgehead atoms. The fraction of sp³-hybridized carbons (Fsp3) is 0.148. The van der Waals surface area contributed by atoms with Crippen LogP contribution in [-0.2, 0) is 9.59 Å². The van der Waals surface area contributed by atoms with Gasteiger partial charge in [-0.1, -0.05) is 45.5 Å². The van der Waals surface area contributed by atoms with E-state index in [9.17, 15) is 14.7 Å². The first-order valence-corrected chi connectivity index (χ1v) is 12.5. The molecule has 0 spiro atoms. The van der Waals surface area contributed by atoms with Gasteiger partial charge in [-0.3, -0.25) is 14.5 Å². The fourth-order valence-electron chi connectivity index (χ4n) is 4.29. The number of hydrogen-bond acceptors (Lipinski definition) is 6. The summed E-state index contributed by atoms with van der Waals surface area (Å²) in [5.74, 6) is -1.04. The number of carbonyl (C=O) groups is 2. The molecular weight excluding hydrogens is 528 g/mol. The van der Waals surface area contributed by atoms with Gasteiger partial charge in [-0.2, -0.15) is 0 Å². The second kappa shape index (κ2) is 8.94. The van der Waals surface area contributed by atoms with E-state index in [2.05, 4.69) is 20.9 Å². The molecule has 1 aliphatic rings. The number of amides is 1. The predicted molar refractivity (Wildman–Crippen MR) is 141 cm³/mol. The van der Waals surface area contributed by atoms with Crippen molar-refractivity contribution >= 4 is 60.1 Å². The van der Waals surface area contributed by atoms with Gasteiger partial charge in [-0.15, -0.1) is 0 Å². The number of rotatable bonds is 4. The summed E-state index contributed by atoms with van der Waals surface area (Å²) < 4.78 is 7.10. The highest BCUT2D eigenvalue weighted by Gasteiger charge is 2.48. The second-order valence-electron chi connectivity index (χ2n) is 8.37. The van der Waals surface area contributed by atoms with Crippen molar-refractivity contribution in [1.29, 1.82) is 0 Å². The summed E-state index contributed by atoms with van der Waals surface area (Å²) >= 11 is 4.78. The highest BCUT2D eigenvalue weighted by Crippen LogP contribution is 2.44. The van der Waals surface area contributed by atoms with Crippen molar-refractivity contribution in [1.82, 2.24) is 4.98 Å². The van der Waals surface area contributed by atoms with Gasteiger partial charge >= 0.3 is 5.91 Å². The Bertz CT molecular complexity index is 1520. The highest BCUT2D eigenvalue weighted by molar-refractivity contribution is 9.10. The topological polar surface area (TPSA) is 79.7 Å². The van der Waals surface area contributed by atoms with Gasteiger partial charge in [0.05, 0.1) is 28.9 Å². The summed E-state index contributed by atoms with van der Waals surface area (Å²) in [6.07, 6.45) is 0. The summed E-state index contributed by atoms with van der Waals surface area (Å²) in [6.45, 7) is 3.84. The van der Waals surface area contributed by atoms with Crippen molar-refractivity contribution < 1.29 is 19.4 Å². The number of aliphatic hydroxyl groups is 1. The van der Waals surface area contributed by atoms with Gasteiger partial charge in [0.15, 0.2) is 5.13 Å². The van der Waals surface area contributed by atoms with Crippen LogP contribution in [0.1, 0.15) is 28.3 Å². The summed E-state index contributed by atoms with van der Waals surface area (Å²) in [6, 6.07) is 17.5. The third kappa shape index (κ3) is 4.02. The number of halogens is 1. The molecule has 5 rings (SSSR count). The van der Waals surface area contributed by atoms with Gasteiger partial charge in [0.2, 0.25) is 0 Å². The van der Waals surface area contributed by atoms with Crippen molar-refractivity contribution in [3.05, 3.63) is 93.0 Å². The van der Waals surface area contributed by atoms with E-state index in [0.717, 1.165) is 25.8 Å². The van der Waals surface area contributed by atoms with Crippen LogP contribution >= 0.6 is 27.3 Å². The number of hydrogen-bond donors (Lipinski definition) is 1. The van der Waals surface area contributed by atoms with E-state index in [1.165, 1.54) is 16.2 Å². The number of fused-ring (bicyclic) bond motifs is 1. The Morgan fingerprint density at radius 3 is 2.49 bits per heavy atom. The van der Waals surface area contributed by atoms with Crippen LogP contribution in [0.25, 0.3) is 16.0 Å².